The van der Waals surface area contributed by atoms with E-state index >= 15 is 0 Å². The molecule has 0 unspecified atom stereocenters. The van der Waals surface area contributed by atoms with Crippen molar-refractivity contribution in [3.8, 4) is 17.0 Å². The summed E-state index contributed by atoms with van der Waals surface area (Å²) in [4.78, 5) is 4.55. The van der Waals surface area contributed by atoms with Crippen molar-refractivity contribution in [2.24, 2.45) is 0 Å². The van der Waals surface area contributed by atoms with Crippen LogP contribution in [-0.2, 0) is 9.31 Å². The van der Waals surface area contributed by atoms with E-state index in [-0.39, 0.29) is 0 Å². The molecule has 1 fully saturated rings. The van der Waals surface area contributed by atoms with Gasteiger partial charge in [-0.1, -0.05) is 12.1 Å². The van der Waals surface area contributed by atoms with Gasteiger partial charge < -0.3 is 14.0 Å². The number of benzene rings is 1. The van der Waals surface area contributed by atoms with Gasteiger partial charge in [-0.2, -0.15) is 9.19 Å². The molecule has 4 rings (SSSR count). The second kappa shape index (κ2) is 6.26. The van der Waals surface area contributed by atoms with Gasteiger partial charge in [-0.15, -0.1) is 0 Å². The Hall–Kier alpha value is -2.03. The molecule has 3 heterocycles. The van der Waals surface area contributed by atoms with Crippen molar-refractivity contribution in [3.63, 3.8) is 0 Å². The SMILES string of the molecule is COc1ccccc1-c1nn(S)c2ncc(B3OC(C)(C)C(C)(C)O3)cc12. The van der Waals surface area contributed by atoms with E-state index in [2.05, 4.69) is 22.9 Å². The molecule has 6 nitrogen and oxygen atoms in total. The normalized spacial score (nSPS) is 18.2. The predicted molar refractivity (Wildman–Crippen MR) is 110 cm³/mol. The Labute approximate surface area is 164 Å². The lowest BCUT2D eigenvalue weighted by molar-refractivity contribution is 0.00578. The van der Waals surface area contributed by atoms with Gasteiger partial charge in [0.05, 0.1) is 18.3 Å². The topological polar surface area (TPSA) is 58.4 Å². The summed E-state index contributed by atoms with van der Waals surface area (Å²) in [6, 6.07) is 9.76. The highest BCUT2D eigenvalue weighted by Crippen LogP contribution is 2.37. The molecule has 140 valence electrons. The van der Waals surface area contributed by atoms with Gasteiger partial charge in [0.2, 0.25) is 0 Å². The maximum Gasteiger partial charge on any atom is 0.496 e. The highest BCUT2D eigenvalue weighted by Gasteiger charge is 2.51. The highest BCUT2D eigenvalue weighted by atomic mass is 32.1. The Balaban J connectivity index is 1.84. The van der Waals surface area contributed by atoms with Gasteiger partial charge in [-0.25, -0.2) is 4.98 Å². The van der Waals surface area contributed by atoms with Gasteiger partial charge >= 0.3 is 7.12 Å². The summed E-state index contributed by atoms with van der Waals surface area (Å²) in [6.45, 7) is 8.13. The third kappa shape index (κ3) is 2.92. The summed E-state index contributed by atoms with van der Waals surface area (Å²) >= 11 is 4.42. The van der Waals surface area contributed by atoms with Crippen molar-refractivity contribution in [3.05, 3.63) is 36.5 Å². The van der Waals surface area contributed by atoms with Crippen LogP contribution in [0.15, 0.2) is 36.5 Å². The number of ether oxygens (including phenoxy) is 1. The van der Waals surface area contributed by atoms with Gasteiger partial charge in [0, 0.05) is 22.6 Å². The van der Waals surface area contributed by atoms with Gasteiger partial charge in [-0.05, 0) is 58.7 Å². The third-order valence-corrected chi connectivity index (χ3v) is 5.69. The zero-order chi connectivity index (χ0) is 19.4. The van der Waals surface area contributed by atoms with Crippen LogP contribution >= 0.6 is 12.8 Å². The van der Waals surface area contributed by atoms with Crippen LogP contribution in [0.1, 0.15) is 27.7 Å². The number of methoxy groups -OCH3 is 1. The van der Waals surface area contributed by atoms with E-state index in [4.69, 9.17) is 14.0 Å². The molecule has 1 aliphatic rings. The van der Waals surface area contributed by atoms with Crippen LogP contribution in [0.25, 0.3) is 22.3 Å². The predicted octanol–water partition coefficient (Wildman–Crippen LogP) is 3.10. The van der Waals surface area contributed by atoms with Crippen molar-refractivity contribution < 1.29 is 14.0 Å². The minimum Gasteiger partial charge on any atom is -0.496 e. The number of thiol groups is 1. The molecule has 0 N–H and O–H groups in total. The number of pyridine rings is 1. The number of hydrogen-bond acceptors (Lipinski definition) is 6. The first-order valence-electron chi connectivity index (χ1n) is 8.80. The summed E-state index contributed by atoms with van der Waals surface area (Å²) in [6.07, 6.45) is 1.75. The molecule has 2 aromatic heterocycles. The van der Waals surface area contributed by atoms with Crippen LogP contribution in [-0.4, -0.2) is 39.6 Å². The number of nitrogens with zero attached hydrogens (tertiary/aromatic N) is 3. The van der Waals surface area contributed by atoms with Crippen LogP contribution in [0.2, 0.25) is 0 Å². The molecular formula is C19H22BN3O3S. The molecule has 27 heavy (non-hydrogen) atoms. The number of rotatable bonds is 3. The molecule has 0 spiro atoms. The van der Waals surface area contributed by atoms with Crippen molar-refractivity contribution in [1.29, 1.82) is 0 Å². The van der Waals surface area contributed by atoms with Crippen LogP contribution in [0.3, 0.4) is 0 Å². The maximum absolute atomic E-state index is 6.16. The Morgan fingerprint density at radius 2 is 1.78 bits per heavy atom. The lowest BCUT2D eigenvalue weighted by Gasteiger charge is -2.32. The van der Waals surface area contributed by atoms with Gasteiger partial charge in [-0.3, -0.25) is 0 Å². The second-order valence-electron chi connectivity index (χ2n) is 7.67. The smallest absolute Gasteiger partial charge is 0.496 e. The molecule has 0 amide bonds. The minimum atomic E-state index is -0.485. The lowest BCUT2D eigenvalue weighted by Crippen LogP contribution is -2.41. The summed E-state index contributed by atoms with van der Waals surface area (Å²) in [5.41, 5.74) is 2.32. The molecule has 0 bridgehead atoms. The first kappa shape index (κ1) is 18.3. The van der Waals surface area contributed by atoms with E-state index in [9.17, 15) is 0 Å². The van der Waals surface area contributed by atoms with Crippen LogP contribution in [0, 0.1) is 0 Å². The lowest BCUT2D eigenvalue weighted by atomic mass is 9.80. The third-order valence-electron chi connectivity index (χ3n) is 5.41. The molecule has 0 radical (unpaired) electrons. The first-order valence-corrected chi connectivity index (χ1v) is 9.20. The zero-order valence-corrected chi connectivity index (χ0v) is 16.9. The largest absolute Gasteiger partial charge is 0.496 e. The molecule has 1 aromatic carbocycles. The van der Waals surface area contributed by atoms with Crippen molar-refractivity contribution in [2.75, 3.05) is 7.11 Å². The van der Waals surface area contributed by atoms with Gasteiger partial charge in [0.25, 0.3) is 0 Å². The number of para-hydroxylation sites is 1. The van der Waals surface area contributed by atoms with Crippen molar-refractivity contribution in [2.45, 2.75) is 38.9 Å². The Kier molecular flexibility index (Phi) is 4.25. The Morgan fingerprint density at radius 1 is 1.11 bits per heavy atom. The van der Waals surface area contributed by atoms with Crippen LogP contribution in [0.4, 0.5) is 0 Å². The fraction of sp³-hybridized carbons (Fsp3) is 0.368. The minimum absolute atomic E-state index is 0.411. The molecule has 0 saturated carbocycles. The maximum atomic E-state index is 6.16. The molecule has 3 aromatic rings. The van der Waals surface area contributed by atoms with E-state index in [1.807, 2.05) is 58.0 Å². The standard InChI is InChI=1S/C19H22BN3O3S/c1-18(2)19(3,4)26-20(25-18)12-10-14-16(22-23(27)17(14)21-11-12)13-8-6-7-9-15(13)24-5/h6-11,27H,1-5H3. The van der Waals surface area contributed by atoms with Gasteiger partial charge in [0.15, 0.2) is 5.65 Å². The average molecular weight is 383 g/mol. The monoisotopic (exact) mass is 383 g/mol. The Morgan fingerprint density at radius 3 is 2.44 bits per heavy atom. The molecular weight excluding hydrogens is 361 g/mol. The fourth-order valence-electron chi connectivity index (χ4n) is 3.15. The molecule has 1 aliphatic heterocycles. The average Bonchev–Trinajstić information content (AvgIpc) is 3.07. The fourth-order valence-corrected chi connectivity index (χ4v) is 3.40. The molecule has 0 atom stereocenters. The van der Waals surface area contributed by atoms with Gasteiger partial charge in [0.1, 0.15) is 11.4 Å². The summed E-state index contributed by atoms with van der Waals surface area (Å²) in [5.74, 6) is 0.742. The Bertz CT molecular complexity index is 1000. The van der Waals surface area contributed by atoms with E-state index in [1.165, 1.54) is 4.09 Å². The summed E-state index contributed by atoms with van der Waals surface area (Å²) < 4.78 is 19.3. The first-order chi connectivity index (χ1) is 12.7. The zero-order valence-electron chi connectivity index (χ0n) is 16.1. The number of aromatic nitrogens is 3. The van der Waals surface area contributed by atoms with Crippen LogP contribution < -0.4 is 10.2 Å². The molecule has 1 saturated heterocycles. The summed E-state index contributed by atoms with van der Waals surface area (Å²) in [5, 5.41) is 5.41. The van der Waals surface area contributed by atoms with Crippen molar-refractivity contribution in [1.82, 2.24) is 14.2 Å². The molecule has 0 aliphatic carbocycles. The number of hydrogen-bond donors (Lipinski definition) is 1. The van der Waals surface area contributed by atoms with Crippen molar-refractivity contribution >= 4 is 36.4 Å². The van der Waals surface area contributed by atoms with E-state index in [0.29, 0.717) is 5.65 Å². The summed E-state index contributed by atoms with van der Waals surface area (Å²) in [7, 11) is 1.16. The molecule has 8 heteroatoms. The quantitative estimate of drug-likeness (QED) is 0.557. The van der Waals surface area contributed by atoms with Crippen LogP contribution in [0.5, 0.6) is 5.75 Å². The number of fused-ring (bicyclic) bond motifs is 1. The second-order valence-corrected chi connectivity index (χ2v) is 8.05. The van der Waals surface area contributed by atoms with E-state index in [0.717, 1.165) is 27.9 Å². The van der Waals surface area contributed by atoms with E-state index in [1.54, 1.807) is 13.3 Å². The van der Waals surface area contributed by atoms with E-state index < -0.39 is 18.3 Å². The highest BCUT2D eigenvalue weighted by molar-refractivity contribution is 7.78.